The summed E-state index contributed by atoms with van der Waals surface area (Å²) in [5.41, 5.74) is 6.57. The van der Waals surface area contributed by atoms with Gasteiger partial charge in [-0.05, 0) is 58.8 Å². The molecule has 4 heterocycles. The topological polar surface area (TPSA) is 167 Å². The molecule has 1 saturated heterocycles. The molecule has 0 unspecified atom stereocenters. The van der Waals surface area contributed by atoms with E-state index in [9.17, 15) is 56.0 Å². The van der Waals surface area contributed by atoms with Gasteiger partial charge in [0.15, 0.2) is 17.5 Å². The fourth-order valence-electron chi connectivity index (χ4n) is 6.60. The molecule has 6 N–H and O–H groups in total. The van der Waals surface area contributed by atoms with Crippen LogP contribution in [0.3, 0.4) is 0 Å². The van der Waals surface area contributed by atoms with Crippen LogP contribution >= 0.6 is 11.3 Å². The van der Waals surface area contributed by atoms with Gasteiger partial charge in [0.1, 0.15) is 42.2 Å². The van der Waals surface area contributed by atoms with E-state index in [0.717, 1.165) is 19.5 Å². The number of nitrogens with zero attached hydrogens (tertiary/aromatic N) is 4. The van der Waals surface area contributed by atoms with Gasteiger partial charge in [0.05, 0.1) is 13.2 Å². The average Bonchev–Trinajstić information content (AvgIpc) is 3.78. The number of aromatic nitrogens is 3. The van der Waals surface area contributed by atoms with E-state index in [1.54, 1.807) is 17.4 Å². The first-order chi connectivity index (χ1) is 26.5. The highest BCUT2D eigenvalue weighted by Crippen LogP contribution is 2.35. The Morgan fingerprint density at radius 2 is 1.62 bits per heavy atom. The van der Waals surface area contributed by atoms with E-state index in [1.165, 1.54) is 17.0 Å². The number of amides is 1. The lowest BCUT2D eigenvalue weighted by Gasteiger charge is -2.40. The molecule has 1 amide bonds. The number of hydrogen-bond donors (Lipinski definition) is 5. The lowest BCUT2D eigenvalue weighted by atomic mass is 9.90. The van der Waals surface area contributed by atoms with E-state index >= 15 is 0 Å². The zero-order chi connectivity index (χ0) is 40.5. The number of alkyl halides is 3. The molecule has 0 saturated carbocycles. The van der Waals surface area contributed by atoms with Crippen molar-refractivity contribution in [1.82, 2.24) is 19.7 Å². The molecule has 7 rings (SSSR count). The highest BCUT2D eigenvalue weighted by atomic mass is 32.1. The highest BCUT2D eigenvalue weighted by molar-refractivity contribution is 7.19. The van der Waals surface area contributed by atoms with Gasteiger partial charge in [-0.3, -0.25) is 4.79 Å². The van der Waals surface area contributed by atoms with Crippen LogP contribution in [0.5, 0.6) is 0 Å². The van der Waals surface area contributed by atoms with Crippen LogP contribution in [0.25, 0.3) is 10.1 Å². The molecule has 56 heavy (non-hydrogen) atoms. The average molecular weight is 812 g/mol. The monoisotopic (exact) mass is 811 g/mol. The molecular weight excluding hydrogens is 775 g/mol. The molecule has 0 spiro atoms. The molecular formula is C37H36F7N5O6S. The second kappa shape index (κ2) is 16.9. The Morgan fingerprint density at radius 1 is 0.893 bits per heavy atom. The number of aliphatic hydroxyl groups excluding tert-OH is 4. The molecule has 1 fully saturated rings. The molecule has 6 atom stereocenters. The number of thiophene rings is 1. The summed E-state index contributed by atoms with van der Waals surface area (Å²) in [4.78, 5) is 14.6. The van der Waals surface area contributed by atoms with Gasteiger partial charge in [0, 0.05) is 47.6 Å². The minimum Gasteiger partial charge on any atom is -0.394 e. The molecule has 2 aliphatic heterocycles. The van der Waals surface area contributed by atoms with Gasteiger partial charge >= 0.3 is 6.18 Å². The van der Waals surface area contributed by atoms with Crippen molar-refractivity contribution in [1.29, 1.82) is 0 Å². The quantitative estimate of drug-likeness (QED) is 0.114. The third kappa shape index (κ3) is 9.04. The first-order valence-corrected chi connectivity index (χ1v) is 18.1. The van der Waals surface area contributed by atoms with Crippen molar-refractivity contribution in [2.75, 3.05) is 13.2 Å². The third-order valence-electron chi connectivity index (χ3n) is 9.50. The number of rotatable bonds is 8. The number of benzene rings is 3. The van der Waals surface area contributed by atoms with Crippen molar-refractivity contribution in [3.05, 3.63) is 117 Å². The van der Waals surface area contributed by atoms with Crippen LogP contribution in [0.1, 0.15) is 45.7 Å². The summed E-state index contributed by atoms with van der Waals surface area (Å²) < 4.78 is 100. The number of nitrogens with two attached hydrogens (primary N) is 1. The lowest BCUT2D eigenvalue weighted by Crippen LogP contribution is -2.55. The summed E-state index contributed by atoms with van der Waals surface area (Å²) in [5.74, 6) is -5.52. The third-order valence-corrected chi connectivity index (χ3v) is 10.6. The van der Waals surface area contributed by atoms with Gasteiger partial charge in [0.2, 0.25) is 11.7 Å². The van der Waals surface area contributed by atoms with E-state index in [1.807, 2.05) is 30.3 Å². The number of carbonyl (C=O) groups excluding carboxylic acids is 1. The molecule has 11 nitrogen and oxygen atoms in total. The molecule has 0 radical (unpaired) electrons. The van der Waals surface area contributed by atoms with Crippen molar-refractivity contribution in [3.8, 4) is 0 Å². The van der Waals surface area contributed by atoms with E-state index in [0.29, 0.717) is 29.7 Å². The van der Waals surface area contributed by atoms with Crippen molar-refractivity contribution in [2.45, 2.75) is 75.1 Å². The maximum Gasteiger partial charge on any atom is 0.451 e. The van der Waals surface area contributed by atoms with Crippen LogP contribution in [0, 0.1) is 23.3 Å². The summed E-state index contributed by atoms with van der Waals surface area (Å²) in [7, 11) is 0. The van der Waals surface area contributed by atoms with E-state index < -0.39 is 78.5 Å². The molecule has 0 bridgehead atoms. The van der Waals surface area contributed by atoms with Crippen LogP contribution < -0.4 is 5.73 Å². The number of aliphatic hydroxyl groups is 4. The SMILES string of the molecule is N[C@@H](CC(=O)N1CCn2c(nnc2C(F)(F)F)C1)Cc1cc(F)c(F)cc1F.OC[C@H]1O[C@@H](c2ccc(F)c(Cc3cc4ccccc4s3)c2)[C@H](O)[C@@H](O)[C@@H]1O. The highest BCUT2D eigenvalue weighted by Gasteiger charge is 2.44. The van der Waals surface area contributed by atoms with Crippen molar-refractivity contribution >= 4 is 27.3 Å². The lowest BCUT2D eigenvalue weighted by molar-refractivity contribution is -0.231. The van der Waals surface area contributed by atoms with Crippen LogP contribution in [0.4, 0.5) is 30.7 Å². The number of fused-ring (bicyclic) bond motifs is 2. The van der Waals surface area contributed by atoms with Crippen LogP contribution in [-0.2, 0) is 41.6 Å². The Labute approximate surface area is 318 Å². The van der Waals surface area contributed by atoms with E-state index in [-0.39, 0.29) is 49.7 Å². The second-order valence-electron chi connectivity index (χ2n) is 13.5. The van der Waals surface area contributed by atoms with Gasteiger partial charge in [0.25, 0.3) is 0 Å². The van der Waals surface area contributed by atoms with Gasteiger partial charge in [-0.2, -0.15) is 13.2 Å². The Balaban J connectivity index is 0.000000190. The Kier molecular flexibility index (Phi) is 12.4. The fourth-order valence-corrected chi connectivity index (χ4v) is 7.69. The summed E-state index contributed by atoms with van der Waals surface area (Å²) in [5, 5.41) is 47.3. The fraction of sp³-hybridized carbons (Fsp3) is 0.378. The summed E-state index contributed by atoms with van der Waals surface area (Å²) in [6, 6.07) is 14.5. The number of carbonyl (C=O) groups is 1. The Morgan fingerprint density at radius 3 is 2.34 bits per heavy atom. The predicted molar refractivity (Wildman–Crippen MR) is 187 cm³/mol. The zero-order valence-corrected chi connectivity index (χ0v) is 30.0. The van der Waals surface area contributed by atoms with Crippen molar-refractivity contribution in [3.63, 3.8) is 0 Å². The Bertz CT molecular complexity index is 2150. The zero-order valence-electron chi connectivity index (χ0n) is 29.2. The molecule has 19 heteroatoms. The molecule has 2 aromatic heterocycles. The number of ether oxygens (including phenoxy) is 1. The molecule has 300 valence electrons. The number of hydrogen-bond acceptors (Lipinski definition) is 10. The predicted octanol–water partition coefficient (Wildman–Crippen LogP) is 4.16. The van der Waals surface area contributed by atoms with E-state index in [2.05, 4.69) is 10.2 Å². The maximum atomic E-state index is 14.4. The molecule has 0 aliphatic carbocycles. The van der Waals surface area contributed by atoms with Crippen molar-refractivity contribution in [2.24, 2.45) is 5.73 Å². The second-order valence-corrected chi connectivity index (χ2v) is 14.6. The van der Waals surface area contributed by atoms with Gasteiger partial charge in [-0.15, -0.1) is 21.5 Å². The largest absolute Gasteiger partial charge is 0.451 e. The van der Waals surface area contributed by atoms with E-state index in [4.69, 9.17) is 10.5 Å². The molecule has 3 aromatic carbocycles. The summed E-state index contributed by atoms with van der Waals surface area (Å²) in [6.07, 6.45) is -11.0. The minimum atomic E-state index is -4.64. The molecule has 2 aliphatic rings. The van der Waals surface area contributed by atoms with Crippen LogP contribution in [-0.4, -0.2) is 89.6 Å². The first kappa shape index (κ1) is 41.1. The maximum absolute atomic E-state index is 14.4. The van der Waals surface area contributed by atoms with Crippen LogP contribution in [0.2, 0.25) is 0 Å². The minimum absolute atomic E-state index is 0.000783. The van der Waals surface area contributed by atoms with Gasteiger partial charge in [-0.1, -0.05) is 24.3 Å². The smallest absolute Gasteiger partial charge is 0.394 e. The summed E-state index contributed by atoms with van der Waals surface area (Å²) >= 11 is 1.59. The van der Waals surface area contributed by atoms with Gasteiger partial charge < -0.3 is 40.4 Å². The first-order valence-electron chi connectivity index (χ1n) is 17.3. The normalized spacial score (nSPS) is 21.7. The number of halogens is 7. The van der Waals surface area contributed by atoms with Crippen LogP contribution in [0.15, 0.2) is 60.7 Å². The Hall–Kier alpha value is -4.50. The van der Waals surface area contributed by atoms with Gasteiger partial charge in [-0.25, -0.2) is 17.6 Å². The standard InChI is InChI=1S/C21H21FO5S.C16H15F6N5O/c22-15-6-5-12(21-20(26)19(25)18(24)16(10-23)27-21)7-13(15)9-14-8-11-3-1-2-4-17(11)28-14;17-10-6-12(19)11(18)4-8(10)3-9(23)5-14(28)26-1-2-27-13(7-26)24-25-15(27)16(20,21)22/h1-8,16,18-21,23-26H,9-10H2;4,6,9H,1-3,5,7,23H2/t16-,18-,19+,20-,21+;9-/m11/s1. The summed E-state index contributed by atoms with van der Waals surface area (Å²) in [6.45, 7) is -0.805. The molecule has 5 aromatic rings. The van der Waals surface area contributed by atoms with Crippen molar-refractivity contribution < 1.29 is 60.7 Å².